The van der Waals surface area contributed by atoms with Crippen molar-refractivity contribution in [1.82, 2.24) is 15.5 Å². The van der Waals surface area contributed by atoms with Crippen molar-refractivity contribution in [2.24, 2.45) is 0 Å². The molecule has 1 atom stereocenters. The highest BCUT2D eigenvalue weighted by Crippen LogP contribution is 2.34. The van der Waals surface area contributed by atoms with Gasteiger partial charge in [0.05, 0.1) is 5.70 Å². The fraction of sp³-hybridized carbons (Fsp3) is 0.133. The summed E-state index contributed by atoms with van der Waals surface area (Å²) in [5.41, 5.74) is 2.43. The summed E-state index contributed by atoms with van der Waals surface area (Å²) in [6.45, 7) is 1.08. The van der Waals surface area contributed by atoms with Crippen LogP contribution in [-0.4, -0.2) is 35.1 Å². The van der Waals surface area contributed by atoms with Crippen LogP contribution in [0.4, 0.5) is 4.79 Å². The molecule has 3 aromatic rings. The van der Waals surface area contributed by atoms with Crippen LogP contribution in [0.3, 0.4) is 0 Å². The normalized spacial score (nSPS) is 14.6. The molecule has 0 aliphatic carbocycles. The molecule has 192 valence electrons. The van der Waals surface area contributed by atoms with E-state index in [2.05, 4.69) is 10.6 Å². The van der Waals surface area contributed by atoms with Crippen molar-refractivity contribution in [3.05, 3.63) is 131 Å². The maximum Gasteiger partial charge on any atom is 0.407 e. The van der Waals surface area contributed by atoms with Gasteiger partial charge in [-0.25, -0.2) is 4.79 Å². The van der Waals surface area contributed by atoms with Crippen LogP contribution in [0.5, 0.6) is 0 Å². The number of nitrogens with zero attached hydrogens (tertiary/aromatic N) is 1. The maximum atomic E-state index is 13.5. The largest absolute Gasteiger partial charge is 0.445 e. The number of nitrogens with one attached hydrogen (secondary N) is 2. The van der Waals surface area contributed by atoms with Crippen LogP contribution in [0, 0.1) is 0 Å². The Morgan fingerprint density at radius 2 is 1.45 bits per heavy atom. The van der Waals surface area contributed by atoms with Gasteiger partial charge in [-0.2, -0.15) is 0 Å². The predicted molar refractivity (Wildman–Crippen MR) is 141 cm³/mol. The molecule has 0 bridgehead atoms. The smallest absolute Gasteiger partial charge is 0.407 e. The Labute approximate surface area is 220 Å². The fourth-order valence-electron chi connectivity index (χ4n) is 4.07. The molecule has 0 fully saturated rings. The Balaban J connectivity index is 1.58. The number of hydrogen-bond acceptors (Lipinski definition) is 5. The molecule has 8 heteroatoms. The van der Waals surface area contributed by atoms with Crippen molar-refractivity contribution in [2.75, 3.05) is 6.54 Å². The van der Waals surface area contributed by atoms with Crippen molar-refractivity contribution in [3.8, 4) is 0 Å². The quantitative estimate of drug-likeness (QED) is 0.441. The molecular weight excluding hydrogens is 482 g/mol. The van der Waals surface area contributed by atoms with E-state index < -0.39 is 24.6 Å². The average Bonchev–Trinajstić information content (AvgIpc) is 2.95. The van der Waals surface area contributed by atoms with Gasteiger partial charge in [-0.3, -0.25) is 14.4 Å². The van der Waals surface area contributed by atoms with Gasteiger partial charge >= 0.3 is 6.09 Å². The molecule has 4 rings (SSSR count). The second kappa shape index (κ2) is 12.3. The second-order valence-corrected chi connectivity index (χ2v) is 8.54. The molecule has 1 unspecified atom stereocenters. The van der Waals surface area contributed by atoms with Crippen LogP contribution >= 0.6 is 0 Å². The SMILES string of the molecule is CC(=O)N1C=CC(C(=O)c2ccccc2)=C(NC(=O)CNC(=O)OCc2ccccc2)C1c1ccccc1. The molecule has 3 aromatic carbocycles. The lowest BCUT2D eigenvalue weighted by Crippen LogP contribution is -2.43. The number of ketones is 1. The lowest BCUT2D eigenvalue weighted by molar-refractivity contribution is -0.128. The highest BCUT2D eigenvalue weighted by molar-refractivity contribution is 6.11. The number of alkyl carbamates (subject to hydrolysis) is 1. The molecule has 8 nitrogen and oxygen atoms in total. The maximum absolute atomic E-state index is 13.5. The van der Waals surface area contributed by atoms with Gasteiger partial charge in [0.1, 0.15) is 19.2 Å². The summed E-state index contributed by atoms with van der Waals surface area (Å²) in [7, 11) is 0. The van der Waals surface area contributed by atoms with Gasteiger partial charge < -0.3 is 20.3 Å². The van der Waals surface area contributed by atoms with Crippen LogP contribution in [-0.2, 0) is 20.9 Å². The van der Waals surface area contributed by atoms with Crippen molar-refractivity contribution in [1.29, 1.82) is 0 Å². The molecule has 0 aromatic heterocycles. The predicted octanol–water partition coefficient (Wildman–Crippen LogP) is 4.28. The minimum Gasteiger partial charge on any atom is -0.445 e. The third kappa shape index (κ3) is 6.41. The highest BCUT2D eigenvalue weighted by atomic mass is 16.5. The first-order chi connectivity index (χ1) is 18.4. The Hall–Kier alpha value is -4.98. The number of carbonyl (C=O) groups excluding carboxylic acids is 4. The Morgan fingerprint density at radius 3 is 2.08 bits per heavy atom. The molecule has 0 saturated heterocycles. The summed E-state index contributed by atoms with van der Waals surface area (Å²) >= 11 is 0. The molecule has 1 heterocycles. The van der Waals surface area contributed by atoms with Gasteiger partial charge in [0.25, 0.3) is 0 Å². The molecule has 1 aliphatic rings. The van der Waals surface area contributed by atoms with Crippen LogP contribution in [0.25, 0.3) is 0 Å². The van der Waals surface area contributed by atoms with E-state index in [9.17, 15) is 19.2 Å². The zero-order valence-corrected chi connectivity index (χ0v) is 20.8. The van der Waals surface area contributed by atoms with Crippen LogP contribution in [0.15, 0.2) is 115 Å². The van der Waals surface area contributed by atoms with Crippen molar-refractivity contribution in [3.63, 3.8) is 0 Å². The van der Waals surface area contributed by atoms with Gasteiger partial charge in [-0.1, -0.05) is 91.0 Å². The third-order valence-electron chi connectivity index (χ3n) is 5.88. The molecular formula is C30H27N3O5. The van der Waals surface area contributed by atoms with Crippen molar-refractivity contribution < 1.29 is 23.9 Å². The number of Topliss-reactive ketones (excluding diaryl/α,β-unsaturated/α-hetero) is 1. The van der Waals surface area contributed by atoms with Gasteiger partial charge in [0, 0.05) is 24.3 Å². The standard InChI is InChI=1S/C30H27N3O5/c1-21(34)33-18-17-25(29(36)24-15-9-4-10-16-24)27(28(33)23-13-7-3-8-14-23)32-26(35)19-31-30(37)38-20-22-11-5-2-6-12-22/h2-18,28H,19-20H2,1H3,(H,31,37)(H,32,35). The third-order valence-corrected chi connectivity index (χ3v) is 5.88. The molecule has 2 N–H and O–H groups in total. The molecule has 1 aliphatic heterocycles. The van der Waals surface area contributed by atoms with Gasteiger partial charge in [0.15, 0.2) is 5.78 Å². The number of carbonyl (C=O) groups is 4. The number of benzene rings is 3. The Kier molecular flexibility index (Phi) is 8.46. The number of ether oxygens (including phenoxy) is 1. The second-order valence-electron chi connectivity index (χ2n) is 8.54. The zero-order chi connectivity index (χ0) is 26.9. The van der Waals surface area contributed by atoms with Crippen molar-refractivity contribution in [2.45, 2.75) is 19.6 Å². The molecule has 3 amide bonds. The average molecular weight is 510 g/mol. The van der Waals surface area contributed by atoms with Crippen LogP contribution < -0.4 is 10.6 Å². The minimum atomic E-state index is -0.757. The lowest BCUT2D eigenvalue weighted by Gasteiger charge is -2.34. The number of allylic oxidation sites excluding steroid dienone is 2. The Morgan fingerprint density at radius 1 is 0.842 bits per heavy atom. The van der Waals surface area contributed by atoms with E-state index in [1.54, 1.807) is 36.5 Å². The first-order valence-electron chi connectivity index (χ1n) is 12.0. The van der Waals surface area contributed by atoms with Gasteiger partial charge in [0.2, 0.25) is 11.8 Å². The summed E-state index contributed by atoms with van der Waals surface area (Å²) in [5, 5.41) is 5.21. The molecule has 0 saturated carbocycles. The first-order valence-corrected chi connectivity index (χ1v) is 12.0. The number of rotatable bonds is 8. The Bertz CT molecular complexity index is 1370. The van der Waals surface area contributed by atoms with Crippen LogP contribution in [0.2, 0.25) is 0 Å². The summed E-state index contributed by atoms with van der Waals surface area (Å²) in [4.78, 5) is 52.6. The van der Waals surface area contributed by atoms with E-state index in [4.69, 9.17) is 4.74 Å². The molecule has 38 heavy (non-hydrogen) atoms. The van der Waals surface area contributed by atoms with E-state index in [1.165, 1.54) is 17.9 Å². The lowest BCUT2D eigenvalue weighted by atomic mass is 9.91. The molecule has 0 spiro atoms. The van der Waals surface area contributed by atoms with E-state index in [1.807, 2.05) is 60.7 Å². The first kappa shape index (κ1) is 26.1. The topological polar surface area (TPSA) is 105 Å². The number of amides is 3. The highest BCUT2D eigenvalue weighted by Gasteiger charge is 2.33. The van der Waals surface area contributed by atoms with Gasteiger partial charge in [-0.05, 0) is 17.2 Å². The van der Waals surface area contributed by atoms with Crippen LogP contribution in [0.1, 0.15) is 34.5 Å². The van der Waals surface area contributed by atoms with Crippen molar-refractivity contribution >= 4 is 23.7 Å². The zero-order valence-electron chi connectivity index (χ0n) is 20.8. The van der Waals surface area contributed by atoms with Gasteiger partial charge in [-0.15, -0.1) is 0 Å². The van der Waals surface area contributed by atoms with E-state index >= 15 is 0 Å². The van der Waals surface area contributed by atoms with E-state index in [-0.39, 0.29) is 29.6 Å². The monoisotopic (exact) mass is 509 g/mol. The fourth-order valence-corrected chi connectivity index (χ4v) is 4.07. The summed E-state index contributed by atoms with van der Waals surface area (Å²) < 4.78 is 5.16. The summed E-state index contributed by atoms with van der Waals surface area (Å²) in [6.07, 6.45) is 2.31. The summed E-state index contributed by atoms with van der Waals surface area (Å²) in [5.74, 6) is -1.15. The molecule has 0 radical (unpaired) electrons. The van der Waals surface area contributed by atoms with E-state index in [0.29, 0.717) is 11.1 Å². The van der Waals surface area contributed by atoms with E-state index in [0.717, 1.165) is 5.56 Å². The summed E-state index contributed by atoms with van der Waals surface area (Å²) in [6, 6.07) is 26.2. The minimum absolute atomic E-state index is 0.0591. The number of hydrogen-bond donors (Lipinski definition) is 2.